The molecule has 8 heteroatoms. The lowest BCUT2D eigenvalue weighted by atomic mass is 10.1. The largest absolute Gasteiger partial charge is 0.496 e. The molecule has 0 aromatic heterocycles. The van der Waals surface area contributed by atoms with Crippen LogP contribution in [0, 0.1) is 5.92 Å². The minimum atomic E-state index is -0.839. The number of hydrogen-bond acceptors (Lipinski definition) is 7. The van der Waals surface area contributed by atoms with Gasteiger partial charge < -0.3 is 24.1 Å². The number of nitrogens with one attached hydrogen (secondary N) is 1. The van der Waals surface area contributed by atoms with E-state index < -0.39 is 11.9 Å². The molecule has 2 N–H and O–H groups in total. The van der Waals surface area contributed by atoms with Gasteiger partial charge in [-0.2, -0.15) is 5.48 Å². The number of methoxy groups -OCH3 is 2. The van der Waals surface area contributed by atoms with E-state index in [-0.39, 0.29) is 12.4 Å². The first kappa shape index (κ1) is 22.3. The van der Waals surface area contributed by atoms with Crippen molar-refractivity contribution in [2.75, 3.05) is 20.8 Å². The minimum absolute atomic E-state index is 0.245. The van der Waals surface area contributed by atoms with Crippen LogP contribution in [0.25, 0.3) is 0 Å². The average Bonchev–Trinajstić information content (AvgIpc) is 2.68. The number of rotatable bonds is 11. The number of ether oxygens (including phenoxy) is 4. The van der Waals surface area contributed by atoms with E-state index >= 15 is 0 Å². The number of hydrogen-bond donors (Lipinski definition) is 2. The Bertz CT molecular complexity index is 606. The van der Waals surface area contributed by atoms with E-state index in [4.69, 9.17) is 28.9 Å². The smallest absolute Gasteiger partial charge is 0.306 e. The van der Waals surface area contributed by atoms with Crippen LogP contribution in [0.4, 0.5) is 0 Å². The van der Waals surface area contributed by atoms with Crippen LogP contribution in [0.1, 0.15) is 45.1 Å². The van der Waals surface area contributed by atoms with Gasteiger partial charge in [-0.15, -0.1) is 0 Å². The Labute approximate surface area is 166 Å². The van der Waals surface area contributed by atoms with Gasteiger partial charge in [0.2, 0.25) is 0 Å². The topological polar surface area (TPSA) is 95.5 Å². The monoisotopic (exact) mass is 397 g/mol. The Balaban J connectivity index is 2.02. The molecule has 0 aliphatic carbocycles. The molecule has 1 saturated heterocycles. The molecule has 1 aliphatic rings. The summed E-state index contributed by atoms with van der Waals surface area (Å²) in [4.78, 5) is 16.6. The first-order valence-electron chi connectivity index (χ1n) is 9.59. The van der Waals surface area contributed by atoms with Crippen LogP contribution < -0.4 is 19.7 Å². The fraction of sp³-hybridized carbons (Fsp3) is 0.650. The number of benzene rings is 1. The quantitative estimate of drug-likeness (QED) is 0.550. The molecular weight excluding hydrogens is 366 g/mol. The first-order chi connectivity index (χ1) is 13.4. The molecule has 3 atom stereocenters. The predicted octanol–water partition coefficient (Wildman–Crippen LogP) is 3.13. The normalized spacial score (nSPS) is 18.9. The van der Waals surface area contributed by atoms with Crippen LogP contribution in [0.2, 0.25) is 0 Å². The van der Waals surface area contributed by atoms with Crippen molar-refractivity contribution in [3.05, 3.63) is 17.7 Å². The fourth-order valence-electron chi connectivity index (χ4n) is 3.09. The SMILES string of the molecule is COc1cc(OC(C)CC(C)C(=O)O)cc(OC)c1CNOC1CCCCO1. The van der Waals surface area contributed by atoms with E-state index in [2.05, 4.69) is 5.48 Å². The molecule has 1 aromatic rings. The highest BCUT2D eigenvalue weighted by Crippen LogP contribution is 2.35. The lowest BCUT2D eigenvalue weighted by molar-refractivity contribution is -0.198. The van der Waals surface area contributed by atoms with Crippen molar-refractivity contribution >= 4 is 5.97 Å². The molecule has 0 amide bonds. The Morgan fingerprint density at radius 2 is 1.93 bits per heavy atom. The Morgan fingerprint density at radius 3 is 2.46 bits per heavy atom. The molecule has 2 rings (SSSR count). The highest BCUT2D eigenvalue weighted by Gasteiger charge is 2.19. The first-order valence-corrected chi connectivity index (χ1v) is 9.59. The van der Waals surface area contributed by atoms with E-state index in [0.717, 1.165) is 24.8 Å². The number of hydroxylamine groups is 1. The standard InChI is InChI=1S/C20H31NO7/c1-13(20(22)23)9-14(2)27-15-10-17(24-3)16(18(11-15)25-4)12-21-28-19-7-5-6-8-26-19/h10-11,13-14,19,21H,5-9,12H2,1-4H3,(H,22,23). The average molecular weight is 397 g/mol. The molecule has 3 unspecified atom stereocenters. The second kappa shape index (κ2) is 11.1. The zero-order valence-corrected chi connectivity index (χ0v) is 17.0. The second-order valence-corrected chi connectivity index (χ2v) is 6.94. The van der Waals surface area contributed by atoms with Crippen molar-refractivity contribution in [1.82, 2.24) is 5.48 Å². The summed E-state index contributed by atoms with van der Waals surface area (Å²) in [5, 5.41) is 9.05. The summed E-state index contributed by atoms with van der Waals surface area (Å²) < 4.78 is 22.4. The third kappa shape index (κ3) is 6.54. The second-order valence-electron chi connectivity index (χ2n) is 6.94. The van der Waals surface area contributed by atoms with Gasteiger partial charge in [0.05, 0.1) is 38.3 Å². The zero-order valence-electron chi connectivity index (χ0n) is 17.0. The van der Waals surface area contributed by atoms with E-state index in [0.29, 0.717) is 36.8 Å². The lowest BCUT2D eigenvalue weighted by Crippen LogP contribution is -2.29. The summed E-state index contributed by atoms with van der Waals surface area (Å²) >= 11 is 0. The molecule has 1 aliphatic heterocycles. The zero-order chi connectivity index (χ0) is 20.5. The summed E-state index contributed by atoms with van der Waals surface area (Å²) in [6.07, 6.45) is 2.90. The third-order valence-corrected chi connectivity index (χ3v) is 4.63. The molecule has 8 nitrogen and oxygen atoms in total. The van der Waals surface area contributed by atoms with Gasteiger partial charge in [-0.1, -0.05) is 6.92 Å². The number of carbonyl (C=O) groups is 1. The van der Waals surface area contributed by atoms with Crippen LogP contribution in [0.15, 0.2) is 12.1 Å². The van der Waals surface area contributed by atoms with Gasteiger partial charge in [-0.05, 0) is 26.2 Å². The van der Waals surface area contributed by atoms with Crippen LogP contribution in [0.5, 0.6) is 17.2 Å². The van der Waals surface area contributed by atoms with Gasteiger partial charge in [0, 0.05) is 25.2 Å². The molecule has 0 radical (unpaired) electrons. The van der Waals surface area contributed by atoms with Crippen LogP contribution >= 0.6 is 0 Å². The predicted molar refractivity (Wildman–Crippen MR) is 103 cm³/mol. The van der Waals surface area contributed by atoms with Gasteiger partial charge in [0.15, 0.2) is 6.29 Å². The maximum absolute atomic E-state index is 11.0. The summed E-state index contributed by atoms with van der Waals surface area (Å²) in [5.41, 5.74) is 3.72. The van der Waals surface area contributed by atoms with Gasteiger partial charge in [0.25, 0.3) is 0 Å². The number of carboxylic acids is 1. The molecule has 1 aromatic carbocycles. The van der Waals surface area contributed by atoms with E-state index in [9.17, 15) is 4.79 Å². The molecule has 158 valence electrons. The van der Waals surface area contributed by atoms with Crippen molar-refractivity contribution in [1.29, 1.82) is 0 Å². The third-order valence-electron chi connectivity index (χ3n) is 4.63. The summed E-state index contributed by atoms with van der Waals surface area (Å²) in [7, 11) is 3.15. The van der Waals surface area contributed by atoms with Crippen molar-refractivity contribution in [3.8, 4) is 17.2 Å². The van der Waals surface area contributed by atoms with Crippen LogP contribution in [-0.2, 0) is 20.9 Å². The molecule has 28 heavy (non-hydrogen) atoms. The van der Waals surface area contributed by atoms with E-state index in [1.165, 1.54) is 0 Å². The van der Waals surface area contributed by atoms with Crippen LogP contribution in [0.3, 0.4) is 0 Å². The van der Waals surface area contributed by atoms with Crippen molar-refractivity contribution in [2.45, 2.75) is 58.5 Å². The van der Waals surface area contributed by atoms with Gasteiger partial charge >= 0.3 is 5.97 Å². The van der Waals surface area contributed by atoms with E-state index in [1.54, 1.807) is 33.3 Å². The molecule has 1 heterocycles. The molecule has 0 bridgehead atoms. The van der Waals surface area contributed by atoms with Crippen LogP contribution in [-0.4, -0.2) is 44.3 Å². The Kier molecular flexibility index (Phi) is 8.82. The lowest BCUT2D eigenvalue weighted by Gasteiger charge is -2.23. The van der Waals surface area contributed by atoms with Gasteiger partial charge in [-0.3, -0.25) is 9.63 Å². The van der Waals surface area contributed by atoms with Crippen molar-refractivity contribution < 1.29 is 33.7 Å². The van der Waals surface area contributed by atoms with Crippen molar-refractivity contribution in [2.24, 2.45) is 5.92 Å². The Hall–Kier alpha value is -2.03. The summed E-state index contributed by atoms with van der Waals surface area (Å²) in [6, 6.07) is 3.52. The number of carboxylic acid groups (broad SMARTS) is 1. The maximum atomic E-state index is 11.0. The minimum Gasteiger partial charge on any atom is -0.496 e. The molecular formula is C20H31NO7. The van der Waals surface area contributed by atoms with Crippen molar-refractivity contribution in [3.63, 3.8) is 0 Å². The number of aliphatic carboxylic acids is 1. The highest BCUT2D eigenvalue weighted by atomic mass is 16.8. The Morgan fingerprint density at radius 1 is 1.25 bits per heavy atom. The summed E-state index contributed by atoms with van der Waals surface area (Å²) in [6.45, 7) is 4.59. The maximum Gasteiger partial charge on any atom is 0.306 e. The van der Waals surface area contributed by atoms with Gasteiger partial charge in [0.1, 0.15) is 17.2 Å². The molecule has 1 fully saturated rings. The highest BCUT2D eigenvalue weighted by molar-refractivity contribution is 5.69. The van der Waals surface area contributed by atoms with Gasteiger partial charge in [-0.25, -0.2) is 0 Å². The summed E-state index contributed by atoms with van der Waals surface area (Å²) in [5.74, 6) is 0.413. The molecule has 0 spiro atoms. The fourth-order valence-corrected chi connectivity index (χ4v) is 3.09. The molecule has 0 saturated carbocycles. The van der Waals surface area contributed by atoms with E-state index in [1.807, 2.05) is 6.92 Å².